The molecule has 216 valence electrons. The summed E-state index contributed by atoms with van der Waals surface area (Å²) in [4.78, 5) is 35.1. The zero-order valence-electron chi connectivity index (χ0n) is 23.5. The van der Waals surface area contributed by atoms with Crippen LogP contribution in [-0.4, -0.2) is 58.7 Å². The fourth-order valence-corrected chi connectivity index (χ4v) is 4.85. The van der Waals surface area contributed by atoms with Gasteiger partial charge in [-0.3, -0.25) is 19.1 Å². The molecule has 6 rings (SSSR count). The molecule has 4 heterocycles. The first-order valence-electron chi connectivity index (χ1n) is 13.5. The zero-order chi connectivity index (χ0) is 30.1. The van der Waals surface area contributed by atoms with Crippen molar-refractivity contribution in [3.8, 4) is 28.3 Å². The molecule has 12 nitrogen and oxygen atoms in total. The number of nitrogens with zero attached hydrogens (tertiary/aromatic N) is 7. The topological polar surface area (TPSA) is 148 Å². The van der Waals surface area contributed by atoms with Crippen LogP contribution in [0.15, 0.2) is 78.1 Å². The molecule has 43 heavy (non-hydrogen) atoms. The van der Waals surface area contributed by atoms with Crippen molar-refractivity contribution in [2.45, 2.75) is 26.4 Å². The lowest BCUT2D eigenvalue weighted by molar-refractivity contribution is -0.117. The van der Waals surface area contributed by atoms with Crippen LogP contribution >= 0.6 is 0 Å². The van der Waals surface area contributed by atoms with E-state index in [1.165, 1.54) is 12.1 Å². The maximum Gasteiger partial charge on any atom is 0.294 e. The van der Waals surface area contributed by atoms with Crippen molar-refractivity contribution < 1.29 is 9.18 Å². The Balaban J connectivity index is 1.41. The van der Waals surface area contributed by atoms with Gasteiger partial charge in [0.05, 0.1) is 41.9 Å². The van der Waals surface area contributed by atoms with Gasteiger partial charge in [0.15, 0.2) is 5.82 Å². The van der Waals surface area contributed by atoms with Crippen molar-refractivity contribution in [1.82, 2.24) is 45.0 Å². The molecule has 1 amide bonds. The number of nitrogens with one attached hydrogen (secondary N) is 3. The van der Waals surface area contributed by atoms with E-state index >= 15 is 0 Å². The first-order valence-corrected chi connectivity index (χ1v) is 13.5. The Bertz CT molecular complexity index is 2000. The molecule has 0 fully saturated rings. The van der Waals surface area contributed by atoms with E-state index in [9.17, 15) is 14.0 Å². The van der Waals surface area contributed by atoms with E-state index in [1.54, 1.807) is 43.2 Å². The van der Waals surface area contributed by atoms with Crippen LogP contribution in [0.3, 0.4) is 0 Å². The van der Waals surface area contributed by atoms with Gasteiger partial charge >= 0.3 is 0 Å². The van der Waals surface area contributed by atoms with Gasteiger partial charge in [0, 0.05) is 23.3 Å². The van der Waals surface area contributed by atoms with E-state index in [2.05, 4.69) is 41.2 Å². The van der Waals surface area contributed by atoms with Crippen molar-refractivity contribution in [2.24, 2.45) is 0 Å². The van der Waals surface area contributed by atoms with Gasteiger partial charge in [-0.25, -0.2) is 9.37 Å². The van der Waals surface area contributed by atoms with Gasteiger partial charge in [0.25, 0.3) is 5.56 Å². The van der Waals surface area contributed by atoms with Gasteiger partial charge in [-0.05, 0) is 67.1 Å². The van der Waals surface area contributed by atoms with Gasteiger partial charge in [0.2, 0.25) is 11.7 Å². The second kappa shape index (κ2) is 11.4. The SMILES string of the molecule is CNC(C)C(=O)Nc1ncc(-c2ccc(-c3nn[nH]n3)cc2)n(Cc2cncc(-n3cc(C)c4cc(F)ccc43)c2)c1=O. The van der Waals surface area contributed by atoms with Crippen molar-refractivity contribution >= 4 is 22.6 Å². The van der Waals surface area contributed by atoms with E-state index < -0.39 is 11.6 Å². The summed E-state index contributed by atoms with van der Waals surface area (Å²) in [6, 6.07) is 13.4. The van der Waals surface area contributed by atoms with E-state index in [-0.39, 0.29) is 24.1 Å². The van der Waals surface area contributed by atoms with Crippen molar-refractivity contribution in [1.29, 1.82) is 0 Å². The zero-order valence-corrected chi connectivity index (χ0v) is 23.5. The summed E-state index contributed by atoms with van der Waals surface area (Å²) in [5.41, 5.74) is 4.78. The Morgan fingerprint density at radius 1 is 1.07 bits per heavy atom. The Hall–Kier alpha value is -5.56. The summed E-state index contributed by atoms with van der Waals surface area (Å²) in [6.45, 7) is 3.75. The third-order valence-corrected chi connectivity index (χ3v) is 7.27. The molecule has 0 aliphatic carbocycles. The number of hydrogen-bond acceptors (Lipinski definition) is 8. The van der Waals surface area contributed by atoms with Crippen molar-refractivity contribution in [3.05, 3.63) is 101 Å². The molecule has 0 saturated heterocycles. The summed E-state index contributed by atoms with van der Waals surface area (Å²) in [5, 5.41) is 20.3. The molecule has 6 aromatic rings. The van der Waals surface area contributed by atoms with Crippen LogP contribution in [0.5, 0.6) is 0 Å². The average Bonchev–Trinajstić information content (AvgIpc) is 3.67. The number of tetrazole rings is 1. The molecule has 0 spiro atoms. The Kier molecular flexibility index (Phi) is 7.30. The van der Waals surface area contributed by atoms with Gasteiger partial charge in [-0.2, -0.15) is 5.21 Å². The molecule has 0 bridgehead atoms. The number of aromatic amines is 1. The van der Waals surface area contributed by atoms with Crippen LogP contribution in [0, 0.1) is 12.7 Å². The van der Waals surface area contributed by atoms with Gasteiger partial charge in [-0.1, -0.05) is 24.3 Å². The fourth-order valence-electron chi connectivity index (χ4n) is 4.85. The lowest BCUT2D eigenvalue weighted by Crippen LogP contribution is -2.38. The predicted octanol–water partition coefficient (Wildman–Crippen LogP) is 3.47. The number of pyridine rings is 1. The van der Waals surface area contributed by atoms with E-state index in [0.29, 0.717) is 11.5 Å². The van der Waals surface area contributed by atoms with Crippen LogP contribution in [0.1, 0.15) is 18.1 Å². The van der Waals surface area contributed by atoms with Crippen LogP contribution in [0.2, 0.25) is 0 Å². The minimum absolute atomic E-state index is 0.0857. The first kappa shape index (κ1) is 27.6. The van der Waals surface area contributed by atoms with Gasteiger partial charge in [-0.15, -0.1) is 10.2 Å². The number of likely N-dealkylation sites (N-methyl/N-ethyl adjacent to an activating group) is 1. The number of anilines is 1. The number of amides is 1. The molecule has 0 aliphatic heterocycles. The number of benzene rings is 2. The number of hydrogen-bond donors (Lipinski definition) is 3. The Labute approximate surface area is 244 Å². The quantitative estimate of drug-likeness (QED) is 0.249. The lowest BCUT2D eigenvalue weighted by atomic mass is 10.1. The Morgan fingerprint density at radius 3 is 2.60 bits per heavy atom. The van der Waals surface area contributed by atoms with E-state index in [0.717, 1.165) is 38.8 Å². The van der Waals surface area contributed by atoms with E-state index in [1.807, 2.05) is 48.0 Å². The maximum atomic E-state index is 13.9. The molecule has 0 radical (unpaired) electrons. The number of aryl methyl sites for hydroxylation is 1. The lowest BCUT2D eigenvalue weighted by Gasteiger charge is -2.16. The fraction of sp³-hybridized carbons (Fsp3) is 0.167. The summed E-state index contributed by atoms with van der Waals surface area (Å²) >= 11 is 0. The molecule has 4 aromatic heterocycles. The standard InChI is InChI=1S/C30H27FN10O2/c1-17-15-40(25-9-8-22(31)11-24(17)25)23-10-19(12-33-13-23)16-41-26(14-34-28(30(41)43)35-29(42)18(2)32-3)20-4-6-21(7-5-20)27-36-38-39-37-27/h4-15,18,32H,16H2,1-3H3,(H,34,35,42)(H,36,37,38,39). The van der Waals surface area contributed by atoms with Crippen LogP contribution < -0.4 is 16.2 Å². The maximum absolute atomic E-state index is 13.9. The summed E-state index contributed by atoms with van der Waals surface area (Å²) < 4.78 is 17.4. The third kappa shape index (κ3) is 5.40. The molecule has 0 aliphatic rings. The minimum atomic E-state index is -0.527. The number of rotatable bonds is 8. The highest BCUT2D eigenvalue weighted by atomic mass is 19.1. The van der Waals surface area contributed by atoms with Crippen LogP contribution in [0.4, 0.5) is 10.2 Å². The van der Waals surface area contributed by atoms with E-state index in [4.69, 9.17) is 0 Å². The molecular weight excluding hydrogens is 551 g/mol. The van der Waals surface area contributed by atoms with Gasteiger partial charge in [0.1, 0.15) is 5.82 Å². The smallest absolute Gasteiger partial charge is 0.294 e. The average molecular weight is 579 g/mol. The highest BCUT2D eigenvalue weighted by molar-refractivity contribution is 5.93. The highest BCUT2D eigenvalue weighted by Crippen LogP contribution is 2.26. The number of H-pyrrole nitrogens is 1. The molecule has 13 heteroatoms. The number of aromatic nitrogens is 8. The number of carbonyl (C=O) groups is 1. The Morgan fingerprint density at radius 2 is 1.86 bits per heavy atom. The largest absolute Gasteiger partial charge is 0.315 e. The molecule has 3 N–H and O–H groups in total. The molecule has 0 saturated carbocycles. The number of fused-ring (bicyclic) bond motifs is 1. The first-order chi connectivity index (χ1) is 20.8. The summed E-state index contributed by atoms with van der Waals surface area (Å²) in [5.74, 6) is -0.331. The molecule has 1 atom stereocenters. The van der Waals surface area contributed by atoms with Crippen LogP contribution in [0.25, 0.3) is 39.2 Å². The second-order valence-corrected chi connectivity index (χ2v) is 10.1. The monoisotopic (exact) mass is 578 g/mol. The van der Waals surface area contributed by atoms with Crippen LogP contribution in [-0.2, 0) is 11.3 Å². The van der Waals surface area contributed by atoms with Crippen molar-refractivity contribution in [3.63, 3.8) is 0 Å². The second-order valence-electron chi connectivity index (χ2n) is 10.1. The third-order valence-electron chi connectivity index (χ3n) is 7.27. The molecule has 1 unspecified atom stereocenters. The predicted molar refractivity (Wildman–Crippen MR) is 159 cm³/mol. The summed E-state index contributed by atoms with van der Waals surface area (Å²) in [6.07, 6.45) is 6.87. The minimum Gasteiger partial charge on any atom is -0.315 e. The molecular formula is C30H27FN10O2. The van der Waals surface area contributed by atoms with Crippen molar-refractivity contribution in [2.75, 3.05) is 12.4 Å². The highest BCUT2D eigenvalue weighted by Gasteiger charge is 2.18. The number of carbonyl (C=O) groups excluding carboxylic acids is 1. The summed E-state index contributed by atoms with van der Waals surface area (Å²) in [7, 11) is 1.66. The van der Waals surface area contributed by atoms with Gasteiger partial charge < -0.3 is 15.2 Å². The molecule has 2 aromatic carbocycles. The normalized spacial score (nSPS) is 12.0. The number of halogens is 1.